The molecule has 0 bridgehead atoms. The Morgan fingerprint density at radius 3 is 2.45 bits per heavy atom. The highest BCUT2D eigenvalue weighted by Crippen LogP contribution is 2.36. The molecule has 20 heavy (non-hydrogen) atoms. The minimum atomic E-state index is -4.64. The second-order valence-electron chi connectivity index (χ2n) is 3.98. The number of anilines is 1. The van der Waals surface area contributed by atoms with Crippen molar-refractivity contribution in [3.05, 3.63) is 28.8 Å². The molecule has 0 aliphatic rings. The third-order valence-corrected chi connectivity index (χ3v) is 2.59. The van der Waals surface area contributed by atoms with Crippen LogP contribution in [-0.4, -0.2) is 17.0 Å². The number of aliphatic carboxylic acids is 1. The maximum absolute atomic E-state index is 12.7. The molecule has 4 nitrogen and oxygen atoms in total. The van der Waals surface area contributed by atoms with Gasteiger partial charge < -0.3 is 10.4 Å². The van der Waals surface area contributed by atoms with Gasteiger partial charge in [-0.15, -0.1) is 0 Å². The van der Waals surface area contributed by atoms with Crippen molar-refractivity contribution in [2.45, 2.75) is 25.4 Å². The summed E-state index contributed by atoms with van der Waals surface area (Å²) in [5, 5.41) is 10.4. The highest BCUT2D eigenvalue weighted by Gasteiger charge is 2.34. The van der Waals surface area contributed by atoms with E-state index in [4.69, 9.17) is 16.7 Å². The zero-order valence-electron chi connectivity index (χ0n) is 10.1. The van der Waals surface area contributed by atoms with Crippen molar-refractivity contribution >= 4 is 29.2 Å². The molecule has 1 aromatic carbocycles. The monoisotopic (exact) mass is 309 g/mol. The lowest BCUT2D eigenvalue weighted by molar-refractivity contribution is -0.137. The standard InChI is InChI=1S/C12H11ClF3NO3/c13-7-4-5-9(8(6-7)12(14,15)16)17-10(18)2-1-3-11(19)20/h4-6H,1-3H2,(H,17,18)(H,19,20). The number of hydrogen-bond donors (Lipinski definition) is 2. The van der Waals surface area contributed by atoms with Gasteiger partial charge in [0.05, 0.1) is 11.3 Å². The van der Waals surface area contributed by atoms with Crippen molar-refractivity contribution in [2.75, 3.05) is 5.32 Å². The van der Waals surface area contributed by atoms with Crippen LogP contribution in [0, 0.1) is 0 Å². The number of carbonyl (C=O) groups excluding carboxylic acids is 1. The number of alkyl halides is 3. The first-order chi connectivity index (χ1) is 9.20. The van der Waals surface area contributed by atoms with E-state index in [0.717, 1.165) is 6.07 Å². The summed E-state index contributed by atoms with van der Waals surface area (Å²) in [6.45, 7) is 0. The van der Waals surface area contributed by atoms with Crippen molar-refractivity contribution in [3.63, 3.8) is 0 Å². The normalized spacial score (nSPS) is 11.2. The number of halogens is 4. The topological polar surface area (TPSA) is 66.4 Å². The van der Waals surface area contributed by atoms with Crippen molar-refractivity contribution in [2.24, 2.45) is 0 Å². The van der Waals surface area contributed by atoms with Crippen LogP contribution in [0.2, 0.25) is 5.02 Å². The lowest BCUT2D eigenvalue weighted by Crippen LogP contribution is -2.16. The Labute approximate surface area is 117 Å². The maximum atomic E-state index is 12.7. The van der Waals surface area contributed by atoms with Gasteiger partial charge in [0.15, 0.2) is 0 Å². The fourth-order valence-electron chi connectivity index (χ4n) is 1.47. The van der Waals surface area contributed by atoms with Gasteiger partial charge in [0.2, 0.25) is 5.91 Å². The molecule has 1 rings (SSSR count). The fourth-order valence-corrected chi connectivity index (χ4v) is 1.64. The Morgan fingerprint density at radius 1 is 1.25 bits per heavy atom. The van der Waals surface area contributed by atoms with Crippen LogP contribution in [-0.2, 0) is 15.8 Å². The van der Waals surface area contributed by atoms with E-state index in [1.54, 1.807) is 0 Å². The predicted octanol–water partition coefficient (Wildman–Crippen LogP) is 3.55. The molecule has 0 aromatic heterocycles. The summed E-state index contributed by atoms with van der Waals surface area (Å²) in [5.74, 6) is -1.75. The molecule has 0 spiro atoms. The Morgan fingerprint density at radius 2 is 1.90 bits per heavy atom. The second-order valence-corrected chi connectivity index (χ2v) is 4.42. The second kappa shape index (κ2) is 6.60. The van der Waals surface area contributed by atoms with E-state index in [0.29, 0.717) is 6.07 Å². The molecular formula is C12H11ClF3NO3. The van der Waals surface area contributed by atoms with E-state index in [1.807, 2.05) is 0 Å². The van der Waals surface area contributed by atoms with Gasteiger partial charge in [-0.25, -0.2) is 0 Å². The van der Waals surface area contributed by atoms with Crippen molar-refractivity contribution in [1.29, 1.82) is 0 Å². The molecule has 110 valence electrons. The lowest BCUT2D eigenvalue weighted by atomic mass is 10.1. The Kier molecular flexibility index (Phi) is 5.38. The molecule has 8 heteroatoms. The quantitative estimate of drug-likeness (QED) is 0.874. The Bertz CT molecular complexity index is 517. The number of nitrogens with one attached hydrogen (secondary N) is 1. The number of rotatable bonds is 5. The molecule has 0 fully saturated rings. The first-order valence-electron chi connectivity index (χ1n) is 5.58. The molecule has 0 aliphatic carbocycles. The zero-order valence-corrected chi connectivity index (χ0v) is 10.9. The minimum absolute atomic E-state index is 0.0517. The number of carbonyl (C=O) groups is 2. The SMILES string of the molecule is O=C(O)CCCC(=O)Nc1ccc(Cl)cc1C(F)(F)F. The molecule has 0 aliphatic heterocycles. The van der Waals surface area contributed by atoms with Gasteiger partial charge in [-0.1, -0.05) is 11.6 Å². The summed E-state index contributed by atoms with van der Waals surface area (Å²) in [7, 11) is 0. The molecule has 0 saturated carbocycles. The van der Waals surface area contributed by atoms with Crippen LogP contribution in [0.15, 0.2) is 18.2 Å². The molecule has 0 unspecified atom stereocenters. The van der Waals surface area contributed by atoms with Gasteiger partial charge in [0, 0.05) is 17.9 Å². The van der Waals surface area contributed by atoms with Crippen molar-refractivity contribution < 1.29 is 27.9 Å². The van der Waals surface area contributed by atoms with E-state index in [9.17, 15) is 22.8 Å². The summed E-state index contributed by atoms with van der Waals surface area (Å²) in [4.78, 5) is 21.7. The summed E-state index contributed by atoms with van der Waals surface area (Å²) < 4.78 is 38.2. The van der Waals surface area contributed by atoms with E-state index in [1.165, 1.54) is 6.07 Å². The highest BCUT2D eigenvalue weighted by atomic mass is 35.5. The van der Waals surface area contributed by atoms with E-state index < -0.39 is 29.3 Å². The van der Waals surface area contributed by atoms with Gasteiger partial charge in [-0.3, -0.25) is 9.59 Å². The number of carboxylic acids is 1. The number of amides is 1. The lowest BCUT2D eigenvalue weighted by Gasteiger charge is -2.14. The van der Waals surface area contributed by atoms with Crippen molar-refractivity contribution in [3.8, 4) is 0 Å². The first kappa shape index (κ1) is 16.3. The third-order valence-electron chi connectivity index (χ3n) is 2.36. The average Bonchev–Trinajstić information content (AvgIpc) is 2.29. The van der Waals surface area contributed by atoms with Crippen LogP contribution >= 0.6 is 11.6 Å². The fraction of sp³-hybridized carbons (Fsp3) is 0.333. The van der Waals surface area contributed by atoms with E-state index >= 15 is 0 Å². The smallest absolute Gasteiger partial charge is 0.418 e. The average molecular weight is 310 g/mol. The van der Waals surface area contributed by atoms with Gasteiger partial charge in [0.1, 0.15) is 0 Å². The molecule has 1 aromatic rings. The summed E-state index contributed by atoms with van der Waals surface area (Å²) in [5.41, 5.74) is -1.45. The predicted molar refractivity (Wildman–Crippen MR) is 66.6 cm³/mol. The Balaban J connectivity index is 2.77. The van der Waals surface area contributed by atoms with E-state index in [-0.39, 0.29) is 24.3 Å². The van der Waals surface area contributed by atoms with Gasteiger partial charge in [-0.2, -0.15) is 13.2 Å². The van der Waals surface area contributed by atoms with Crippen LogP contribution < -0.4 is 5.32 Å². The van der Waals surface area contributed by atoms with Gasteiger partial charge in [0.25, 0.3) is 0 Å². The molecule has 0 atom stereocenters. The van der Waals surface area contributed by atoms with Gasteiger partial charge >= 0.3 is 12.1 Å². The van der Waals surface area contributed by atoms with E-state index in [2.05, 4.69) is 5.32 Å². The molecule has 2 N–H and O–H groups in total. The zero-order chi connectivity index (χ0) is 15.3. The van der Waals surface area contributed by atoms with Crippen LogP contribution in [0.3, 0.4) is 0 Å². The molecular weight excluding hydrogens is 299 g/mol. The number of benzene rings is 1. The van der Waals surface area contributed by atoms with Crippen LogP contribution in [0.25, 0.3) is 0 Å². The van der Waals surface area contributed by atoms with Gasteiger partial charge in [-0.05, 0) is 24.6 Å². The number of carboxylic acid groups (broad SMARTS) is 1. The van der Waals surface area contributed by atoms with Crippen LogP contribution in [0.1, 0.15) is 24.8 Å². The minimum Gasteiger partial charge on any atom is -0.481 e. The Hall–Kier alpha value is -1.76. The van der Waals surface area contributed by atoms with Crippen molar-refractivity contribution in [1.82, 2.24) is 0 Å². The molecule has 1 amide bonds. The highest BCUT2D eigenvalue weighted by molar-refractivity contribution is 6.30. The molecule has 0 saturated heterocycles. The largest absolute Gasteiger partial charge is 0.481 e. The summed E-state index contributed by atoms with van der Waals surface area (Å²) in [6.07, 6.45) is -4.99. The molecule has 0 radical (unpaired) electrons. The number of hydrogen-bond acceptors (Lipinski definition) is 2. The van der Waals surface area contributed by atoms with Crippen LogP contribution in [0.4, 0.5) is 18.9 Å². The first-order valence-corrected chi connectivity index (χ1v) is 5.96. The van der Waals surface area contributed by atoms with Crippen LogP contribution in [0.5, 0.6) is 0 Å². The summed E-state index contributed by atoms with van der Waals surface area (Å²) >= 11 is 5.50. The third kappa shape index (κ3) is 5.08. The molecule has 0 heterocycles. The summed E-state index contributed by atoms with van der Waals surface area (Å²) in [6, 6.07) is 3.00. The maximum Gasteiger partial charge on any atom is 0.418 e.